The van der Waals surface area contributed by atoms with Crippen LogP contribution in [0.25, 0.3) is 10.9 Å². The van der Waals surface area contributed by atoms with E-state index in [-0.39, 0.29) is 0 Å². The van der Waals surface area contributed by atoms with Gasteiger partial charge in [0, 0.05) is 29.9 Å². The minimum Gasteiger partial charge on any atom is -0.380 e. The quantitative estimate of drug-likeness (QED) is 0.708. The van der Waals surface area contributed by atoms with E-state index in [4.69, 9.17) is 16.3 Å². The Hall–Kier alpha value is -0.990. The van der Waals surface area contributed by atoms with Crippen molar-refractivity contribution < 1.29 is 4.74 Å². The summed E-state index contributed by atoms with van der Waals surface area (Å²) in [5, 5.41) is 2.00. The molecule has 2 rings (SSSR count). The first kappa shape index (κ1) is 13.4. The number of hydrogen-bond donors (Lipinski definition) is 0. The SMILES string of the molecule is CC(C)CCOCCn1ccc2ccc(Cl)cc21. The number of hydrogen-bond acceptors (Lipinski definition) is 1. The third-order valence-electron chi connectivity index (χ3n) is 3.05. The maximum absolute atomic E-state index is 6.02. The molecule has 0 saturated heterocycles. The first-order valence-corrected chi connectivity index (χ1v) is 6.87. The summed E-state index contributed by atoms with van der Waals surface area (Å²) in [6.45, 7) is 6.90. The summed E-state index contributed by atoms with van der Waals surface area (Å²) < 4.78 is 7.83. The molecule has 1 aromatic heterocycles. The maximum atomic E-state index is 6.02. The largest absolute Gasteiger partial charge is 0.380 e. The lowest BCUT2D eigenvalue weighted by atomic mass is 10.1. The highest BCUT2D eigenvalue weighted by atomic mass is 35.5. The number of ether oxygens (including phenoxy) is 1. The fourth-order valence-electron chi connectivity index (χ4n) is 1.94. The van der Waals surface area contributed by atoms with Crippen LogP contribution in [-0.2, 0) is 11.3 Å². The van der Waals surface area contributed by atoms with Crippen LogP contribution in [-0.4, -0.2) is 17.8 Å². The van der Waals surface area contributed by atoms with Gasteiger partial charge in [-0.15, -0.1) is 0 Å². The van der Waals surface area contributed by atoms with Crippen LogP contribution in [0.5, 0.6) is 0 Å². The zero-order chi connectivity index (χ0) is 13.0. The lowest BCUT2D eigenvalue weighted by Crippen LogP contribution is -2.07. The lowest BCUT2D eigenvalue weighted by molar-refractivity contribution is 0.117. The number of rotatable bonds is 6. The predicted molar refractivity (Wildman–Crippen MR) is 77.2 cm³/mol. The molecular weight excluding hydrogens is 246 g/mol. The van der Waals surface area contributed by atoms with Gasteiger partial charge < -0.3 is 9.30 Å². The Labute approximate surface area is 114 Å². The summed E-state index contributed by atoms with van der Waals surface area (Å²) in [7, 11) is 0. The zero-order valence-electron chi connectivity index (χ0n) is 11.0. The van der Waals surface area contributed by atoms with Gasteiger partial charge in [0.05, 0.1) is 6.61 Å². The minimum absolute atomic E-state index is 0.705. The highest BCUT2D eigenvalue weighted by Crippen LogP contribution is 2.20. The fourth-order valence-corrected chi connectivity index (χ4v) is 2.10. The number of halogens is 1. The number of aromatic nitrogens is 1. The van der Waals surface area contributed by atoms with Crippen molar-refractivity contribution in [3.8, 4) is 0 Å². The third-order valence-corrected chi connectivity index (χ3v) is 3.29. The molecule has 0 bridgehead atoms. The Morgan fingerprint density at radius 3 is 2.83 bits per heavy atom. The van der Waals surface area contributed by atoms with E-state index in [1.165, 1.54) is 10.9 Å². The molecule has 0 unspecified atom stereocenters. The Morgan fingerprint density at radius 1 is 1.22 bits per heavy atom. The van der Waals surface area contributed by atoms with Gasteiger partial charge in [-0.3, -0.25) is 0 Å². The van der Waals surface area contributed by atoms with Gasteiger partial charge in [-0.2, -0.15) is 0 Å². The first-order chi connectivity index (χ1) is 8.66. The van der Waals surface area contributed by atoms with Gasteiger partial charge in [-0.1, -0.05) is 31.5 Å². The normalized spacial score (nSPS) is 11.6. The Kier molecular flexibility index (Phi) is 4.67. The average molecular weight is 266 g/mol. The average Bonchev–Trinajstić information content (AvgIpc) is 2.71. The van der Waals surface area contributed by atoms with E-state index in [9.17, 15) is 0 Å². The summed E-state index contributed by atoms with van der Waals surface area (Å²) in [4.78, 5) is 0. The smallest absolute Gasteiger partial charge is 0.0645 e. The maximum Gasteiger partial charge on any atom is 0.0645 e. The monoisotopic (exact) mass is 265 g/mol. The second-order valence-electron chi connectivity index (χ2n) is 5.01. The summed E-state index contributed by atoms with van der Waals surface area (Å²) in [5.74, 6) is 0.705. The van der Waals surface area contributed by atoms with Gasteiger partial charge in [0.2, 0.25) is 0 Å². The molecule has 0 aliphatic carbocycles. The van der Waals surface area contributed by atoms with Crippen LogP contribution >= 0.6 is 11.6 Å². The van der Waals surface area contributed by atoms with E-state index in [2.05, 4.69) is 30.7 Å². The molecule has 0 aliphatic rings. The highest BCUT2D eigenvalue weighted by Gasteiger charge is 2.01. The summed E-state index contributed by atoms with van der Waals surface area (Å²) in [5.41, 5.74) is 1.18. The molecule has 0 amide bonds. The van der Waals surface area contributed by atoms with Crippen molar-refractivity contribution in [2.24, 2.45) is 5.92 Å². The molecule has 0 spiro atoms. The molecule has 2 nitrogen and oxygen atoms in total. The van der Waals surface area contributed by atoms with Crippen LogP contribution in [0.1, 0.15) is 20.3 Å². The van der Waals surface area contributed by atoms with E-state index in [1.807, 2.05) is 18.2 Å². The minimum atomic E-state index is 0.705. The van der Waals surface area contributed by atoms with Gasteiger partial charge in [0.15, 0.2) is 0 Å². The molecule has 0 aliphatic heterocycles. The van der Waals surface area contributed by atoms with E-state index in [0.717, 1.165) is 31.2 Å². The van der Waals surface area contributed by atoms with Gasteiger partial charge >= 0.3 is 0 Å². The van der Waals surface area contributed by atoms with Crippen LogP contribution < -0.4 is 0 Å². The Bertz CT molecular complexity index is 504. The van der Waals surface area contributed by atoms with Crippen molar-refractivity contribution in [2.75, 3.05) is 13.2 Å². The molecule has 0 atom stereocenters. The van der Waals surface area contributed by atoms with E-state index >= 15 is 0 Å². The summed E-state index contributed by atoms with van der Waals surface area (Å²) in [6, 6.07) is 8.09. The van der Waals surface area contributed by atoms with Crippen LogP contribution in [0.2, 0.25) is 5.02 Å². The van der Waals surface area contributed by atoms with Gasteiger partial charge in [0.25, 0.3) is 0 Å². The topological polar surface area (TPSA) is 14.2 Å². The standard InChI is InChI=1S/C15H20ClNO/c1-12(2)6-9-18-10-8-17-7-5-13-3-4-14(16)11-15(13)17/h3-5,7,11-12H,6,8-10H2,1-2H3. The molecule has 0 saturated carbocycles. The molecule has 18 heavy (non-hydrogen) atoms. The molecule has 0 N–H and O–H groups in total. The number of nitrogens with zero attached hydrogens (tertiary/aromatic N) is 1. The fraction of sp³-hybridized carbons (Fsp3) is 0.467. The molecule has 1 heterocycles. The summed E-state index contributed by atoms with van der Waals surface area (Å²) >= 11 is 6.02. The van der Waals surface area contributed by atoms with Crippen molar-refractivity contribution in [2.45, 2.75) is 26.8 Å². The van der Waals surface area contributed by atoms with Crippen molar-refractivity contribution in [1.82, 2.24) is 4.57 Å². The van der Waals surface area contributed by atoms with Crippen molar-refractivity contribution >= 4 is 22.5 Å². The van der Waals surface area contributed by atoms with E-state index in [1.54, 1.807) is 0 Å². The van der Waals surface area contributed by atoms with Gasteiger partial charge in [-0.05, 0) is 35.9 Å². The molecule has 0 radical (unpaired) electrons. The second-order valence-corrected chi connectivity index (χ2v) is 5.44. The van der Waals surface area contributed by atoms with Crippen LogP contribution in [0.15, 0.2) is 30.5 Å². The van der Waals surface area contributed by atoms with Crippen molar-refractivity contribution in [1.29, 1.82) is 0 Å². The molecule has 98 valence electrons. The predicted octanol–water partition coefficient (Wildman–Crippen LogP) is 4.36. The molecule has 2 aromatic rings. The first-order valence-electron chi connectivity index (χ1n) is 6.49. The Balaban J connectivity index is 1.89. The lowest BCUT2D eigenvalue weighted by Gasteiger charge is -2.08. The third kappa shape index (κ3) is 3.50. The molecule has 0 fully saturated rings. The molecule has 1 aromatic carbocycles. The van der Waals surface area contributed by atoms with E-state index < -0.39 is 0 Å². The van der Waals surface area contributed by atoms with Crippen LogP contribution in [0, 0.1) is 5.92 Å². The number of benzene rings is 1. The van der Waals surface area contributed by atoms with Crippen molar-refractivity contribution in [3.05, 3.63) is 35.5 Å². The highest BCUT2D eigenvalue weighted by molar-refractivity contribution is 6.31. The number of fused-ring (bicyclic) bond motifs is 1. The second kappa shape index (κ2) is 6.26. The molecular formula is C15H20ClNO. The van der Waals surface area contributed by atoms with E-state index in [0.29, 0.717) is 5.92 Å². The van der Waals surface area contributed by atoms with Gasteiger partial charge in [-0.25, -0.2) is 0 Å². The molecule has 3 heteroatoms. The van der Waals surface area contributed by atoms with Crippen LogP contribution in [0.4, 0.5) is 0 Å². The zero-order valence-corrected chi connectivity index (χ0v) is 11.8. The van der Waals surface area contributed by atoms with Crippen LogP contribution in [0.3, 0.4) is 0 Å². The Morgan fingerprint density at radius 2 is 2.06 bits per heavy atom. The van der Waals surface area contributed by atoms with Crippen molar-refractivity contribution in [3.63, 3.8) is 0 Å². The van der Waals surface area contributed by atoms with Gasteiger partial charge in [0.1, 0.15) is 0 Å². The summed E-state index contributed by atoms with van der Waals surface area (Å²) in [6.07, 6.45) is 3.21.